The molecule has 0 radical (unpaired) electrons. The molecule has 0 atom stereocenters. The van der Waals surface area contributed by atoms with Gasteiger partial charge in [-0.25, -0.2) is 0 Å². The summed E-state index contributed by atoms with van der Waals surface area (Å²) in [6, 6.07) is 25.1. The van der Waals surface area contributed by atoms with Crippen molar-refractivity contribution in [2.75, 3.05) is 0 Å². The second-order valence-electron chi connectivity index (χ2n) is 6.05. The van der Waals surface area contributed by atoms with Crippen LogP contribution in [0.5, 0.6) is 0 Å². The number of hydrogen-bond donors (Lipinski definition) is 0. The molecule has 0 unspecified atom stereocenters. The van der Waals surface area contributed by atoms with Gasteiger partial charge in [-0.3, -0.25) is 0 Å². The van der Waals surface area contributed by atoms with Crippen LogP contribution in [0.3, 0.4) is 0 Å². The number of benzene rings is 3. The summed E-state index contributed by atoms with van der Waals surface area (Å²) in [4.78, 5) is 0. The molecule has 0 fully saturated rings. The van der Waals surface area contributed by atoms with Gasteiger partial charge in [0.05, 0.1) is 11.6 Å². The number of allylic oxidation sites excluding steroid dienone is 1. The molecular weight excluding hydrogens is 278 g/mol. The molecule has 0 amide bonds. The normalized spacial score (nSPS) is 11.7. The largest absolute Gasteiger partial charge is 0.192 e. The van der Waals surface area contributed by atoms with E-state index in [-0.39, 0.29) is 0 Å². The lowest BCUT2D eigenvalue weighted by atomic mass is 9.98. The first kappa shape index (κ1) is 15.1. The van der Waals surface area contributed by atoms with Crippen molar-refractivity contribution in [3.05, 3.63) is 83.4 Å². The molecule has 0 N–H and O–H groups in total. The third-order valence-corrected chi connectivity index (χ3v) is 4.10. The van der Waals surface area contributed by atoms with Gasteiger partial charge < -0.3 is 0 Å². The van der Waals surface area contributed by atoms with Crippen LogP contribution in [0.4, 0.5) is 0 Å². The molecule has 23 heavy (non-hydrogen) atoms. The van der Waals surface area contributed by atoms with Crippen molar-refractivity contribution in [2.45, 2.75) is 19.8 Å². The van der Waals surface area contributed by atoms with E-state index in [4.69, 9.17) is 0 Å². The van der Waals surface area contributed by atoms with Crippen molar-refractivity contribution in [1.29, 1.82) is 5.26 Å². The SMILES string of the molecule is CC(C)c1ccc(/C=C(/C#N)c2ccc3ccccc3c2)cc1. The molecule has 0 bridgehead atoms. The van der Waals surface area contributed by atoms with Crippen molar-refractivity contribution in [2.24, 2.45) is 0 Å². The predicted molar refractivity (Wildman–Crippen MR) is 98.0 cm³/mol. The van der Waals surface area contributed by atoms with Crippen molar-refractivity contribution < 1.29 is 0 Å². The maximum absolute atomic E-state index is 9.54. The lowest BCUT2D eigenvalue weighted by Gasteiger charge is -2.06. The standard InChI is InChI=1S/C22H19N/c1-16(2)18-9-7-17(8-10-18)13-22(15-23)21-12-11-19-5-3-4-6-20(19)14-21/h3-14,16H,1-2H3/b22-13-. The van der Waals surface area contributed by atoms with E-state index in [9.17, 15) is 5.26 Å². The fraction of sp³-hybridized carbons (Fsp3) is 0.136. The van der Waals surface area contributed by atoms with Gasteiger partial charge in [0.15, 0.2) is 0 Å². The zero-order valence-corrected chi connectivity index (χ0v) is 13.5. The molecule has 3 aromatic carbocycles. The molecule has 3 rings (SSSR count). The average Bonchev–Trinajstić information content (AvgIpc) is 2.59. The maximum atomic E-state index is 9.54. The molecule has 0 aromatic heterocycles. The van der Waals surface area contributed by atoms with Crippen LogP contribution in [0.15, 0.2) is 66.7 Å². The highest BCUT2D eigenvalue weighted by molar-refractivity contribution is 5.94. The zero-order valence-electron chi connectivity index (χ0n) is 13.5. The Balaban J connectivity index is 1.98. The summed E-state index contributed by atoms with van der Waals surface area (Å²) in [5, 5.41) is 11.9. The number of nitrogens with zero attached hydrogens (tertiary/aromatic N) is 1. The highest BCUT2D eigenvalue weighted by Gasteiger charge is 2.03. The van der Waals surface area contributed by atoms with Crippen LogP contribution in [0, 0.1) is 11.3 Å². The highest BCUT2D eigenvalue weighted by Crippen LogP contribution is 2.23. The molecule has 1 nitrogen and oxygen atoms in total. The molecule has 0 aliphatic rings. The van der Waals surface area contributed by atoms with Crippen molar-refractivity contribution in [3.63, 3.8) is 0 Å². The van der Waals surface area contributed by atoms with Crippen LogP contribution in [0.25, 0.3) is 22.4 Å². The van der Waals surface area contributed by atoms with Gasteiger partial charge in [-0.2, -0.15) is 5.26 Å². The molecule has 3 aromatic rings. The van der Waals surface area contributed by atoms with Crippen molar-refractivity contribution in [1.82, 2.24) is 0 Å². The van der Waals surface area contributed by atoms with Crippen LogP contribution in [-0.2, 0) is 0 Å². The molecule has 1 heteroatoms. The first-order chi connectivity index (χ1) is 11.2. The number of rotatable bonds is 3. The summed E-state index contributed by atoms with van der Waals surface area (Å²) in [7, 11) is 0. The van der Waals surface area contributed by atoms with Gasteiger partial charge in [-0.15, -0.1) is 0 Å². The summed E-state index contributed by atoms with van der Waals surface area (Å²) in [5.41, 5.74) is 4.01. The third-order valence-electron chi connectivity index (χ3n) is 4.10. The number of fused-ring (bicyclic) bond motifs is 1. The van der Waals surface area contributed by atoms with Crippen LogP contribution >= 0.6 is 0 Å². The van der Waals surface area contributed by atoms with E-state index in [1.54, 1.807) is 0 Å². The van der Waals surface area contributed by atoms with Gasteiger partial charge in [0.1, 0.15) is 0 Å². The molecule has 0 spiro atoms. The van der Waals surface area contributed by atoms with Crippen LogP contribution < -0.4 is 0 Å². The highest BCUT2D eigenvalue weighted by atomic mass is 14.2. The Labute approximate surface area is 137 Å². The number of hydrogen-bond acceptors (Lipinski definition) is 1. The Hall–Kier alpha value is -2.85. The van der Waals surface area contributed by atoms with Crippen LogP contribution in [-0.4, -0.2) is 0 Å². The maximum Gasteiger partial charge on any atom is 0.0998 e. The second-order valence-corrected chi connectivity index (χ2v) is 6.05. The minimum absolute atomic E-state index is 0.518. The summed E-state index contributed by atoms with van der Waals surface area (Å²) in [5.74, 6) is 0.518. The Bertz CT molecular complexity index is 893. The molecule has 112 valence electrons. The van der Waals surface area contributed by atoms with E-state index >= 15 is 0 Å². The van der Waals surface area contributed by atoms with E-state index in [0.717, 1.165) is 16.5 Å². The van der Waals surface area contributed by atoms with Gasteiger partial charge in [0.25, 0.3) is 0 Å². The van der Waals surface area contributed by atoms with Gasteiger partial charge >= 0.3 is 0 Å². The van der Waals surface area contributed by atoms with Crippen molar-refractivity contribution in [3.8, 4) is 6.07 Å². The molecule has 0 aliphatic heterocycles. The monoisotopic (exact) mass is 297 g/mol. The lowest BCUT2D eigenvalue weighted by Crippen LogP contribution is -1.87. The summed E-state index contributed by atoms with van der Waals surface area (Å²) >= 11 is 0. The van der Waals surface area contributed by atoms with Gasteiger partial charge in [0, 0.05) is 0 Å². The first-order valence-corrected chi connectivity index (χ1v) is 7.88. The minimum atomic E-state index is 0.518. The van der Waals surface area contributed by atoms with E-state index in [2.05, 4.69) is 68.4 Å². The average molecular weight is 297 g/mol. The topological polar surface area (TPSA) is 23.8 Å². The van der Waals surface area contributed by atoms with E-state index in [1.165, 1.54) is 10.9 Å². The zero-order chi connectivity index (χ0) is 16.2. The molecule has 0 heterocycles. The van der Waals surface area contributed by atoms with Gasteiger partial charge in [-0.1, -0.05) is 74.5 Å². The first-order valence-electron chi connectivity index (χ1n) is 7.88. The second kappa shape index (κ2) is 6.50. The smallest absolute Gasteiger partial charge is 0.0998 e. The fourth-order valence-corrected chi connectivity index (χ4v) is 2.68. The molecule has 0 saturated carbocycles. The van der Waals surface area contributed by atoms with Gasteiger partial charge in [-0.05, 0) is 45.5 Å². The predicted octanol–water partition coefficient (Wildman–Crippen LogP) is 6.03. The van der Waals surface area contributed by atoms with Crippen LogP contribution in [0.1, 0.15) is 36.5 Å². The lowest BCUT2D eigenvalue weighted by molar-refractivity contribution is 0.866. The van der Waals surface area contributed by atoms with Gasteiger partial charge in [0.2, 0.25) is 0 Å². The Morgan fingerprint density at radius 1 is 0.913 bits per heavy atom. The molecule has 0 aliphatic carbocycles. The Kier molecular flexibility index (Phi) is 4.26. The van der Waals surface area contributed by atoms with Crippen molar-refractivity contribution >= 4 is 22.4 Å². The Morgan fingerprint density at radius 3 is 2.26 bits per heavy atom. The van der Waals surface area contributed by atoms with E-state index in [1.807, 2.05) is 24.3 Å². The summed E-state index contributed by atoms with van der Waals surface area (Å²) in [6.45, 7) is 4.36. The van der Waals surface area contributed by atoms with E-state index in [0.29, 0.717) is 11.5 Å². The van der Waals surface area contributed by atoms with Crippen LogP contribution in [0.2, 0.25) is 0 Å². The molecule has 0 saturated heterocycles. The fourth-order valence-electron chi connectivity index (χ4n) is 2.68. The molecular formula is C22H19N. The third kappa shape index (κ3) is 3.33. The summed E-state index contributed by atoms with van der Waals surface area (Å²) < 4.78 is 0. The quantitative estimate of drug-likeness (QED) is 0.428. The number of nitriles is 1. The minimum Gasteiger partial charge on any atom is -0.192 e. The Morgan fingerprint density at radius 2 is 1.61 bits per heavy atom. The van der Waals surface area contributed by atoms with E-state index < -0.39 is 0 Å². The summed E-state index contributed by atoms with van der Waals surface area (Å²) in [6.07, 6.45) is 1.95.